The molecule has 0 atom stereocenters. The molecule has 0 aliphatic rings. The second-order valence-electron chi connectivity index (χ2n) is 3.86. The third kappa shape index (κ3) is 2.68. The first kappa shape index (κ1) is 11.7. The van der Waals surface area contributed by atoms with Gasteiger partial charge in [-0.05, 0) is 49.7 Å². The molecule has 0 fully saturated rings. The Morgan fingerprint density at radius 3 is 2.65 bits per heavy atom. The van der Waals surface area contributed by atoms with Crippen LogP contribution in [0.3, 0.4) is 0 Å². The summed E-state index contributed by atoms with van der Waals surface area (Å²) >= 11 is 5.88. The van der Waals surface area contributed by atoms with Crippen molar-refractivity contribution in [2.75, 3.05) is 5.73 Å². The number of rotatable bonds is 2. The Labute approximate surface area is 105 Å². The summed E-state index contributed by atoms with van der Waals surface area (Å²) < 4.78 is 5.68. The zero-order chi connectivity index (χ0) is 12.4. The molecule has 17 heavy (non-hydrogen) atoms. The van der Waals surface area contributed by atoms with Crippen LogP contribution in [-0.2, 0) is 0 Å². The topological polar surface area (TPSA) is 48.1 Å². The number of nitrogen functional groups attached to an aromatic ring is 1. The fourth-order valence-electron chi connectivity index (χ4n) is 1.46. The molecule has 2 aromatic rings. The normalized spacial score (nSPS) is 10.3. The number of nitrogens with two attached hydrogens (primary N) is 1. The van der Waals surface area contributed by atoms with Gasteiger partial charge in [-0.3, -0.25) is 0 Å². The van der Waals surface area contributed by atoms with Crippen molar-refractivity contribution in [1.29, 1.82) is 0 Å². The van der Waals surface area contributed by atoms with Crippen LogP contribution in [-0.4, -0.2) is 4.98 Å². The van der Waals surface area contributed by atoms with Crippen molar-refractivity contribution in [3.63, 3.8) is 0 Å². The van der Waals surface area contributed by atoms with Crippen LogP contribution < -0.4 is 10.5 Å². The second kappa shape index (κ2) is 4.63. The molecule has 0 amide bonds. The third-order valence-corrected chi connectivity index (χ3v) is 2.61. The lowest BCUT2D eigenvalue weighted by Gasteiger charge is -2.10. The van der Waals surface area contributed by atoms with E-state index in [1.165, 1.54) is 0 Å². The van der Waals surface area contributed by atoms with E-state index in [9.17, 15) is 0 Å². The van der Waals surface area contributed by atoms with Gasteiger partial charge in [-0.15, -0.1) is 0 Å². The molecule has 3 nitrogen and oxygen atoms in total. The van der Waals surface area contributed by atoms with E-state index in [2.05, 4.69) is 4.98 Å². The predicted octanol–water partition coefficient (Wildman–Crippen LogP) is 3.73. The molecule has 88 valence electrons. The number of hydrogen-bond donors (Lipinski definition) is 1. The minimum absolute atomic E-state index is 0.426. The van der Waals surface area contributed by atoms with Crippen LogP contribution in [0, 0.1) is 13.8 Å². The van der Waals surface area contributed by atoms with Crippen molar-refractivity contribution in [2.45, 2.75) is 13.8 Å². The Bertz CT molecular complexity index is 555. The fourth-order valence-corrected chi connectivity index (χ4v) is 1.68. The van der Waals surface area contributed by atoms with Gasteiger partial charge in [0.1, 0.15) is 5.75 Å². The fraction of sp³-hybridized carbons (Fsp3) is 0.154. The number of pyridine rings is 1. The van der Waals surface area contributed by atoms with Crippen LogP contribution in [0.4, 0.5) is 5.69 Å². The van der Waals surface area contributed by atoms with Crippen molar-refractivity contribution >= 4 is 17.3 Å². The van der Waals surface area contributed by atoms with Crippen molar-refractivity contribution < 1.29 is 4.74 Å². The summed E-state index contributed by atoms with van der Waals surface area (Å²) in [6, 6.07) is 9.04. The molecular weight excluding hydrogens is 236 g/mol. The molecule has 1 aromatic heterocycles. The lowest BCUT2D eigenvalue weighted by Crippen LogP contribution is -1.97. The van der Waals surface area contributed by atoms with Crippen LogP contribution >= 0.6 is 11.6 Å². The average Bonchev–Trinajstić information content (AvgIpc) is 2.27. The largest absolute Gasteiger partial charge is 0.437 e. The van der Waals surface area contributed by atoms with E-state index < -0.39 is 0 Å². The summed E-state index contributed by atoms with van der Waals surface area (Å²) in [5, 5.41) is 0.681. The molecule has 0 bridgehead atoms. The van der Waals surface area contributed by atoms with Gasteiger partial charge in [0.25, 0.3) is 0 Å². The molecule has 0 saturated carbocycles. The number of hydrogen-bond acceptors (Lipinski definition) is 3. The SMILES string of the molecule is Cc1ccc(N)c(Oc2ccc(Cl)cc2C)n1. The van der Waals surface area contributed by atoms with Gasteiger partial charge < -0.3 is 10.5 Å². The highest BCUT2D eigenvalue weighted by Gasteiger charge is 2.06. The van der Waals surface area contributed by atoms with Crippen molar-refractivity contribution in [3.8, 4) is 11.6 Å². The first-order chi connectivity index (χ1) is 8.06. The van der Waals surface area contributed by atoms with Crippen molar-refractivity contribution in [3.05, 3.63) is 46.6 Å². The van der Waals surface area contributed by atoms with Crippen LogP contribution in [0.25, 0.3) is 0 Å². The highest BCUT2D eigenvalue weighted by molar-refractivity contribution is 6.30. The summed E-state index contributed by atoms with van der Waals surface area (Å²) in [6.45, 7) is 3.81. The van der Waals surface area contributed by atoms with Gasteiger partial charge in [-0.1, -0.05) is 11.6 Å². The number of ether oxygens (including phenoxy) is 1. The Kier molecular flexibility index (Phi) is 3.20. The quantitative estimate of drug-likeness (QED) is 0.881. The smallest absolute Gasteiger partial charge is 0.242 e. The monoisotopic (exact) mass is 248 g/mol. The average molecular weight is 249 g/mol. The summed E-state index contributed by atoms with van der Waals surface area (Å²) in [5.41, 5.74) is 8.13. The Morgan fingerprint density at radius 2 is 1.94 bits per heavy atom. The Hall–Kier alpha value is -1.74. The number of nitrogens with zero attached hydrogens (tertiary/aromatic N) is 1. The van der Waals surface area contributed by atoms with E-state index in [0.29, 0.717) is 22.3 Å². The zero-order valence-electron chi connectivity index (χ0n) is 9.70. The Morgan fingerprint density at radius 1 is 1.18 bits per heavy atom. The van der Waals surface area contributed by atoms with Gasteiger partial charge in [0, 0.05) is 10.7 Å². The van der Waals surface area contributed by atoms with Gasteiger partial charge in [-0.2, -0.15) is 0 Å². The minimum Gasteiger partial charge on any atom is -0.437 e. The molecule has 1 aromatic carbocycles. The molecule has 4 heteroatoms. The number of aryl methyl sites for hydroxylation is 2. The number of anilines is 1. The first-order valence-electron chi connectivity index (χ1n) is 5.23. The first-order valence-corrected chi connectivity index (χ1v) is 5.61. The lowest BCUT2D eigenvalue weighted by atomic mass is 10.2. The number of aromatic nitrogens is 1. The predicted molar refractivity (Wildman–Crippen MR) is 69.6 cm³/mol. The standard InChI is InChI=1S/C13H13ClN2O/c1-8-7-10(14)4-6-12(8)17-13-11(15)5-3-9(2)16-13/h3-7H,15H2,1-2H3. The Balaban J connectivity index is 2.34. The summed E-state index contributed by atoms with van der Waals surface area (Å²) in [5.74, 6) is 1.13. The second-order valence-corrected chi connectivity index (χ2v) is 4.30. The van der Waals surface area contributed by atoms with Crippen molar-refractivity contribution in [2.24, 2.45) is 0 Å². The highest BCUT2D eigenvalue weighted by atomic mass is 35.5. The highest BCUT2D eigenvalue weighted by Crippen LogP contribution is 2.29. The maximum absolute atomic E-state index is 5.88. The van der Waals surface area contributed by atoms with Crippen LogP contribution in [0.1, 0.15) is 11.3 Å². The summed E-state index contributed by atoms with van der Waals surface area (Å²) in [7, 11) is 0. The van der Waals surface area contributed by atoms with Gasteiger partial charge in [0.05, 0.1) is 5.69 Å². The maximum Gasteiger partial charge on any atom is 0.242 e. The molecule has 0 aliphatic heterocycles. The molecule has 2 rings (SSSR count). The third-order valence-electron chi connectivity index (χ3n) is 2.37. The van der Waals surface area contributed by atoms with E-state index in [1.807, 2.05) is 26.0 Å². The van der Waals surface area contributed by atoms with Gasteiger partial charge in [0.2, 0.25) is 5.88 Å². The van der Waals surface area contributed by atoms with E-state index in [1.54, 1.807) is 18.2 Å². The van der Waals surface area contributed by atoms with Crippen LogP contribution in [0.2, 0.25) is 5.02 Å². The molecule has 1 heterocycles. The molecule has 0 spiro atoms. The van der Waals surface area contributed by atoms with Crippen molar-refractivity contribution in [1.82, 2.24) is 4.98 Å². The lowest BCUT2D eigenvalue weighted by molar-refractivity contribution is 0.461. The van der Waals surface area contributed by atoms with Gasteiger partial charge in [0.15, 0.2) is 0 Å². The maximum atomic E-state index is 5.88. The molecule has 0 unspecified atom stereocenters. The van der Waals surface area contributed by atoms with E-state index in [0.717, 1.165) is 11.3 Å². The molecule has 0 radical (unpaired) electrons. The molecular formula is C13H13ClN2O. The molecule has 2 N–H and O–H groups in total. The van der Waals surface area contributed by atoms with Gasteiger partial charge >= 0.3 is 0 Å². The summed E-state index contributed by atoms with van der Waals surface area (Å²) in [6.07, 6.45) is 0. The summed E-state index contributed by atoms with van der Waals surface area (Å²) in [4.78, 5) is 4.25. The van der Waals surface area contributed by atoms with Gasteiger partial charge in [-0.25, -0.2) is 4.98 Å². The minimum atomic E-state index is 0.426. The number of benzene rings is 1. The van der Waals surface area contributed by atoms with E-state index >= 15 is 0 Å². The zero-order valence-corrected chi connectivity index (χ0v) is 10.5. The van der Waals surface area contributed by atoms with E-state index in [4.69, 9.17) is 22.1 Å². The van der Waals surface area contributed by atoms with Crippen LogP contribution in [0.15, 0.2) is 30.3 Å². The molecule has 0 saturated heterocycles. The van der Waals surface area contributed by atoms with Crippen LogP contribution in [0.5, 0.6) is 11.6 Å². The molecule has 0 aliphatic carbocycles. The number of halogens is 1. The van der Waals surface area contributed by atoms with E-state index in [-0.39, 0.29) is 0 Å².